The third kappa shape index (κ3) is 4.89. The Balaban J connectivity index is 1.42. The second kappa shape index (κ2) is 8.42. The number of hydrogen-bond donors (Lipinski definition) is 1. The number of amides is 2. The van der Waals surface area contributed by atoms with E-state index in [1.165, 1.54) is 5.56 Å². The maximum atomic E-state index is 12.4. The lowest BCUT2D eigenvalue weighted by Gasteiger charge is -2.32. The fourth-order valence-corrected chi connectivity index (χ4v) is 3.09. The van der Waals surface area contributed by atoms with E-state index >= 15 is 0 Å². The Bertz CT molecular complexity index is 695. The molecule has 0 atom stereocenters. The van der Waals surface area contributed by atoms with Crippen LogP contribution < -0.4 is 5.32 Å². The van der Waals surface area contributed by atoms with Crippen molar-refractivity contribution >= 4 is 11.8 Å². The highest BCUT2D eigenvalue weighted by molar-refractivity contribution is 5.94. The van der Waals surface area contributed by atoms with Gasteiger partial charge in [0.1, 0.15) is 0 Å². The van der Waals surface area contributed by atoms with Gasteiger partial charge < -0.3 is 10.2 Å². The molecule has 0 radical (unpaired) electrons. The van der Waals surface area contributed by atoms with Crippen molar-refractivity contribution in [2.24, 2.45) is 0 Å². The third-order valence-corrected chi connectivity index (χ3v) is 4.58. The van der Waals surface area contributed by atoms with E-state index in [0.29, 0.717) is 25.1 Å². The Morgan fingerprint density at radius 2 is 1.84 bits per heavy atom. The van der Waals surface area contributed by atoms with Crippen molar-refractivity contribution < 1.29 is 9.59 Å². The zero-order chi connectivity index (χ0) is 17.5. The number of likely N-dealkylation sites (tertiary alicyclic amines) is 1. The second-order valence-corrected chi connectivity index (χ2v) is 6.36. The van der Waals surface area contributed by atoms with Gasteiger partial charge in [-0.15, -0.1) is 0 Å². The highest BCUT2D eigenvalue weighted by atomic mass is 16.2. The molecule has 1 fully saturated rings. The first-order valence-corrected chi connectivity index (χ1v) is 8.75. The average molecular weight is 337 g/mol. The van der Waals surface area contributed by atoms with Gasteiger partial charge in [0.15, 0.2) is 0 Å². The van der Waals surface area contributed by atoms with Crippen LogP contribution in [-0.2, 0) is 11.2 Å². The van der Waals surface area contributed by atoms with E-state index in [9.17, 15) is 9.59 Å². The molecule has 130 valence electrons. The molecule has 5 heteroatoms. The van der Waals surface area contributed by atoms with Gasteiger partial charge in [-0.25, -0.2) is 0 Å². The van der Waals surface area contributed by atoms with Crippen molar-refractivity contribution in [3.05, 3.63) is 66.0 Å². The molecule has 2 heterocycles. The molecule has 5 nitrogen and oxygen atoms in total. The number of aromatic nitrogens is 1. The molecule has 2 aromatic rings. The van der Waals surface area contributed by atoms with Gasteiger partial charge in [0, 0.05) is 37.9 Å². The molecule has 1 aliphatic heterocycles. The fraction of sp³-hybridized carbons (Fsp3) is 0.350. The van der Waals surface area contributed by atoms with Crippen LogP contribution in [0.4, 0.5) is 0 Å². The number of nitrogens with one attached hydrogen (secondary N) is 1. The molecule has 2 amide bonds. The topological polar surface area (TPSA) is 62.3 Å². The van der Waals surface area contributed by atoms with Gasteiger partial charge in [0.2, 0.25) is 5.91 Å². The smallest absolute Gasteiger partial charge is 0.253 e. The van der Waals surface area contributed by atoms with Crippen LogP contribution >= 0.6 is 0 Å². The SMILES string of the molecule is O=C(NC1CCN(C(=O)CCc2ccccc2)CC1)c1cccnc1. The summed E-state index contributed by atoms with van der Waals surface area (Å²) in [4.78, 5) is 30.4. The molecule has 0 unspecified atom stereocenters. The monoisotopic (exact) mass is 337 g/mol. The van der Waals surface area contributed by atoms with Gasteiger partial charge in [-0.2, -0.15) is 0 Å². The van der Waals surface area contributed by atoms with Crippen molar-refractivity contribution in [3.63, 3.8) is 0 Å². The van der Waals surface area contributed by atoms with Crippen molar-refractivity contribution in [2.45, 2.75) is 31.7 Å². The number of hydrogen-bond acceptors (Lipinski definition) is 3. The number of piperidine rings is 1. The van der Waals surface area contributed by atoms with E-state index in [1.807, 2.05) is 35.2 Å². The van der Waals surface area contributed by atoms with Crippen molar-refractivity contribution in [1.29, 1.82) is 0 Å². The third-order valence-electron chi connectivity index (χ3n) is 4.58. The van der Waals surface area contributed by atoms with E-state index in [0.717, 1.165) is 19.3 Å². The second-order valence-electron chi connectivity index (χ2n) is 6.36. The van der Waals surface area contributed by atoms with Crippen LogP contribution in [0.3, 0.4) is 0 Å². The first kappa shape index (κ1) is 17.1. The maximum Gasteiger partial charge on any atom is 0.253 e. The van der Waals surface area contributed by atoms with Crippen LogP contribution in [0.2, 0.25) is 0 Å². The summed E-state index contributed by atoms with van der Waals surface area (Å²) >= 11 is 0. The largest absolute Gasteiger partial charge is 0.349 e. The summed E-state index contributed by atoms with van der Waals surface area (Å²) in [6.07, 6.45) is 6.12. The number of nitrogens with zero attached hydrogens (tertiary/aromatic N) is 2. The van der Waals surface area contributed by atoms with Crippen LogP contribution in [0.1, 0.15) is 35.2 Å². The van der Waals surface area contributed by atoms with Gasteiger partial charge >= 0.3 is 0 Å². The van der Waals surface area contributed by atoms with Crippen LogP contribution in [0.15, 0.2) is 54.9 Å². The summed E-state index contributed by atoms with van der Waals surface area (Å²) in [5, 5.41) is 3.04. The summed E-state index contributed by atoms with van der Waals surface area (Å²) in [7, 11) is 0. The lowest BCUT2D eigenvalue weighted by atomic mass is 10.0. The zero-order valence-corrected chi connectivity index (χ0v) is 14.2. The summed E-state index contributed by atoms with van der Waals surface area (Å²) < 4.78 is 0. The minimum atomic E-state index is -0.0954. The molecule has 1 aliphatic rings. The van der Waals surface area contributed by atoms with E-state index in [1.54, 1.807) is 24.5 Å². The molecule has 1 N–H and O–H groups in total. The van der Waals surface area contributed by atoms with Crippen molar-refractivity contribution in [1.82, 2.24) is 15.2 Å². The number of carbonyl (C=O) groups is 2. The molecule has 3 rings (SSSR count). The van der Waals surface area contributed by atoms with Crippen LogP contribution in [0, 0.1) is 0 Å². The Morgan fingerprint density at radius 1 is 1.08 bits per heavy atom. The summed E-state index contributed by atoms with van der Waals surface area (Å²) in [5.41, 5.74) is 1.76. The standard InChI is InChI=1S/C20H23N3O2/c24-19(9-8-16-5-2-1-3-6-16)23-13-10-18(11-14-23)22-20(25)17-7-4-12-21-15-17/h1-7,12,15,18H,8-11,13-14H2,(H,22,25). The molecule has 0 aliphatic carbocycles. The number of rotatable bonds is 5. The van der Waals surface area contributed by atoms with Crippen LogP contribution in [0.5, 0.6) is 0 Å². The highest BCUT2D eigenvalue weighted by Crippen LogP contribution is 2.13. The minimum absolute atomic E-state index is 0.0954. The van der Waals surface area contributed by atoms with E-state index in [2.05, 4.69) is 10.3 Å². The predicted molar refractivity (Wildman–Crippen MR) is 96.1 cm³/mol. The number of carbonyl (C=O) groups excluding carboxylic acids is 2. The summed E-state index contributed by atoms with van der Waals surface area (Å²) in [6, 6.07) is 13.7. The number of aryl methyl sites for hydroxylation is 1. The Morgan fingerprint density at radius 3 is 2.52 bits per heavy atom. The molecule has 1 saturated heterocycles. The van der Waals surface area contributed by atoms with Gasteiger partial charge in [-0.3, -0.25) is 14.6 Å². The molecule has 0 bridgehead atoms. The van der Waals surface area contributed by atoms with Crippen molar-refractivity contribution in [3.8, 4) is 0 Å². The number of benzene rings is 1. The fourth-order valence-electron chi connectivity index (χ4n) is 3.09. The van der Waals surface area contributed by atoms with Crippen molar-refractivity contribution in [2.75, 3.05) is 13.1 Å². The van der Waals surface area contributed by atoms with Gasteiger partial charge in [0.25, 0.3) is 5.91 Å². The Kier molecular flexibility index (Phi) is 5.77. The molecular weight excluding hydrogens is 314 g/mol. The van der Waals surface area contributed by atoms with Gasteiger partial charge in [-0.05, 0) is 37.0 Å². The van der Waals surface area contributed by atoms with E-state index in [4.69, 9.17) is 0 Å². The predicted octanol–water partition coefficient (Wildman–Crippen LogP) is 2.44. The summed E-state index contributed by atoms with van der Waals surface area (Å²) in [6.45, 7) is 1.40. The Hall–Kier alpha value is -2.69. The van der Waals surface area contributed by atoms with Gasteiger partial charge in [0.05, 0.1) is 5.56 Å². The van der Waals surface area contributed by atoms with E-state index in [-0.39, 0.29) is 17.9 Å². The average Bonchev–Trinajstić information content (AvgIpc) is 2.68. The normalized spacial score (nSPS) is 15.0. The van der Waals surface area contributed by atoms with Gasteiger partial charge in [-0.1, -0.05) is 30.3 Å². The molecule has 0 saturated carbocycles. The molecule has 25 heavy (non-hydrogen) atoms. The number of pyridine rings is 1. The van der Waals surface area contributed by atoms with Crippen LogP contribution in [-0.4, -0.2) is 40.8 Å². The first-order chi connectivity index (χ1) is 12.2. The lowest BCUT2D eigenvalue weighted by molar-refractivity contribution is -0.132. The Labute approximate surface area is 148 Å². The maximum absolute atomic E-state index is 12.4. The molecule has 0 spiro atoms. The minimum Gasteiger partial charge on any atom is -0.349 e. The van der Waals surface area contributed by atoms with E-state index < -0.39 is 0 Å². The summed E-state index contributed by atoms with van der Waals surface area (Å²) in [5.74, 6) is 0.0999. The molecule has 1 aromatic carbocycles. The zero-order valence-electron chi connectivity index (χ0n) is 14.2. The molecular formula is C20H23N3O2. The lowest BCUT2D eigenvalue weighted by Crippen LogP contribution is -2.46. The van der Waals surface area contributed by atoms with Crippen LogP contribution in [0.25, 0.3) is 0 Å². The highest BCUT2D eigenvalue weighted by Gasteiger charge is 2.23. The molecule has 1 aromatic heterocycles. The first-order valence-electron chi connectivity index (χ1n) is 8.75. The quantitative estimate of drug-likeness (QED) is 0.911.